The predicted molar refractivity (Wildman–Crippen MR) is 115 cm³/mol. The van der Waals surface area contributed by atoms with Crippen molar-refractivity contribution in [2.24, 2.45) is 0 Å². The molecule has 202 valence electrons. The van der Waals surface area contributed by atoms with E-state index in [4.69, 9.17) is 5.11 Å². The first-order valence-corrected chi connectivity index (χ1v) is 10.8. The van der Waals surface area contributed by atoms with Gasteiger partial charge in [-0.1, -0.05) is 0 Å². The molecule has 1 aromatic heterocycles. The Morgan fingerprint density at radius 3 is 2.03 bits per heavy atom. The minimum Gasteiger partial charge on any atom is -0.477 e. The van der Waals surface area contributed by atoms with Gasteiger partial charge >= 0.3 is 11.9 Å². The number of halogens is 7. The lowest BCUT2D eigenvalue weighted by atomic mass is 10.1. The number of Topliss-reactive ketones (excluding diaryl/α,β-unsaturated/α-hetero) is 1. The minimum absolute atomic E-state index is 0.000730. The highest BCUT2D eigenvalue weighted by Crippen LogP contribution is 2.38. The summed E-state index contributed by atoms with van der Waals surface area (Å²) in [6.07, 6.45) is 1.44. The lowest BCUT2D eigenvalue weighted by Gasteiger charge is -2.12. The van der Waals surface area contributed by atoms with Gasteiger partial charge in [-0.2, -0.15) is 0 Å². The Labute approximate surface area is 208 Å². The Morgan fingerprint density at radius 1 is 0.895 bits per heavy atom. The molecular formula is C24H16F7NO6. The van der Waals surface area contributed by atoms with Gasteiger partial charge in [-0.15, -0.1) is 0 Å². The summed E-state index contributed by atoms with van der Waals surface area (Å²) in [5.74, 6) is -16.0. The zero-order chi connectivity index (χ0) is 28.5. The van der Waals surface area contributed by atoms with Gasteiger partial charge in [0.05, 0.1) is 23.1 Å². The number of carbonyl (C=O) groups is 3. The fraction of sp³-hybridized carbons (Fsp3) is 0.250. The summed E-state index contributed by atoms with van der Waals surface area (Å²) in [5.41, 5.74) is -3.03. The molecule has 1 heterocycles. The molecule has 0 aliphatic heterocycles. The summed E-state index contributed by atoms with van der Waals surface area (Å²) in [6.45, 7) is 1.49. The molecule has 1 saturated carbocycles. The number of hydrogen-bond donors (Lipinski definition) is 1. The van der Waals surface area contributed by atoms with Gasteiger partial charge in [0.2, 0.25) is 5.43 Å². The number of esters is 1. The molecular weight excluding hydrogens is 531 g/mol. The first-order valence-electron chi connectivity index (χ1n) is 10.8. The third kappa shape index (κ3) is 5.53. The van der Waals surface area contributed by atoms with Gasteiger partial charge in [0.25, 0.3) is 0 Å². The van der Waals surface area contributed by atoms with Gasteiger partial charge in [0.15, 0.2) is 46.5 Å². The third-order valence-corrected chi connectivity index (χ3v) is 5.34. The van der Waals surface area contributed by atoms with Crippen molar-refractivity contribution < 1.29 is 55.0 Å². The van der Waals surface area contributed by atoms with E-state index < -0.39 is 86.8 Å². The van der Waals surface area contributed by atoms with Crippen molar-refractivity contribution in [1.82, 2.24) is 4.57 Å². The molecule has 0 radical (unpaired) electrons. The first kappa shape index (κ1) is 28.3. The topological polar surface area (TPSA) is 103 Å². The lowest BCUT2D eigenvalue weighted by molar-refractivity contribution is -0.141. The molecule has 0 amide bonds. The van der Waals surface area contributed by atoms with Gasteiger partial charge in [-0.3, -0.25) is 14.4 Å². The summed E-state index contributed by atoms with van der Waals surface area (Å²) < 4.78 is 97.6. The van der Waals surface area contributed by atoms with Crippen LogP contribution in [0.5, 0.6) is 0 Å². The Balaban J connectivity index is 0.000000212. The number of pyridine rings is 1. The van der Waals surface area contributed by atoms with E-state index in [0.717, 1.165) is 6.20 Å². The van der Waals surface area contributed by atoms with Gasteiger partial charge in [-0.25, -0.2) is 35.5 Å². The number of aromatic carboxylic acids is 1. The number of aromatic nitrogens is 1. The number of nitrogens with zero attached hydrogens (tertiary/aromatic N) is 1. The summed E-state index contributed by atoms with van der Waals surface area (Å²) in [6, 6.07) is 0.548. The van der Waals surface area contributed by atoms with Crippen LogP contribution < -0.4 is 5.43 Å². The highest BCUT2D eigenvalue weighted by Gasteiger charge is 2.30. The summed E-state index contributed by atoms with van der Waals surface area (Å²) in [4.78, 5) is 45.3. The number of carboxylic acids is 1. The quantitative estimate of drug-likeness (QED) is 0.119. The smallest absolute Gasteiger partial charge is 0.341 e. The molecule has 4 rings (SSSR count). The molecule has 0 saturated heterocycles. The maximum atomic E-state index is 13.9. The molecule has 7 nitrogen and oxygen atoms in total. The van der Waals surface area contributed by atoms with Gasteiger partial charge < -0.3 is 14.4 Å². The van der Waals surface area contributed by atoms with Gasteiger partial charge in [0.1, 0.15) is 12.0 Å². The highest BCUT2D eigenvalue weighted by atomic mass is 19.2. The molecule has 2 aromatic carbocycles. The SMILES string of the molecule is CCOC(=O)CC(=O)c1cc(F)c(F)c(F)c1F.O=C(O)c1cn(C2CC2)c2c(F)c(F)c(F)cc2c1=O. The van der Waals surface area contributed by atoms with Crippen LogP contribution in [0.1, 0.15) is 52.9 Å². The van der Waals surface area contributed by atoms with Crippen molar-refractivity contribution >= 4 is 28.6 Å². The number of ether oxygens (including phenoxy) is 1. The Bertz CT molecular complexity index is 1530. The average molecular weight is 547 g/mol. The second-order valence-corrected chi connectivity index (χ2v) is 7.95. The Kier molecular flexibility index (Phi) is 8.22. The molecule has 3 aromatic rings. The van der Waals surface area contributed by atoms with Crippen LogP contribution in [0, 0.1) is 40.7 Å². The molecule has 0 spiro atoms. The molecule has 14 heteroatoms. The van der Waals surface area contributed by atoms with Crippen molar-refractivity contribution in [1.29, 1.82) is 0 Å². The maximum Gasteiger partial charge on any atom is 0.341 e. The summed E-state index contributed by atoms with van der Waals surface area (Å²) in [7, 11) is 0. The van der Waals surface area contributed by atoms with Crippen LogP contribution in [0.15, 0.2) is 23.1 Å². The largest absolute Gasteiger partial charge is 0.477 e. The molecule has 38 heavy (non-hydrogen) atoms. The van der Waals surface area contributed by atoms with Crippen molar-refractivity contribution in [3.8, 4) is 0 Å². The number of carbonyl (C=O) groups excluding carboxylic acids is 2. The second kappa shape index (κ2) is 11.0. The average Bonchev–Trinajstić information content (AvgIpc) is 3.70. The standard InChI is InChI=1S/C13H8F3NO3.C11H8F4O3/c14-8-3-6-11(10(16)9(8)15)17(5-1-2-5)4-7(12(6)18)13(19)20;1-2-18-8(17)4-7(16)5-3-6(12)10(14)11(15)9(5)13/h3-5H,1-2H2,(H,19,20);3H,2,4H2,1H3. The minimum atomic E-state index is -2.10. The normalized spacial score (nSPS) is 12.6. The van der Waals surface area contributed by atoms with Crippen molar-refractivity contribution in [3.05, 3.63) is 80.4 Å². The number of rotatable bonds is 6. The molecule has 1 fully saturated rings. The Hall–Kier alpha value is -4.23. The van der Waals surface area contributed by atoms with E-state index in [1.165, 1.54) is 11.5 Å². The van der Waals surface area contributed by atoms with E-state index in [9.17, 15) is 49.9 Å². The molecule has 0 unspecified atom stereocenters. The van der Waals surface area contributed by atoms with Crippen molar-refractivity contribution in [2.45, 2.75) is 32.2 Å². The van der Waals surface area contributed by atoms with E-state index in [2.05, 4.69) is 4.74 Å². The maximum absolute atomic E-state index is 13.9. The second-order valence-electron chi connectivity index (χ2n) is 7.95. The molecule has 0 bridgehead atoms. The molecule has 1 aliphatic carbocycles. The molecule has 1 aliphatic rings. The number of ketones is 1. The zero-order valence-electron chi connectivity index (χ0n) is 19.2. The number of hydrogen-bond acceptors (Lipinski definition) is 5. The zero-order valence-corrected chi connectivity index (χ0v) is 19.2. The Morgan fingerprint density at radius 2 is 1.47 bits per heavy atom. The summed E-state index contributed by atoms with van der Waals surface area (Å²) >= 11 is 0. The van der Waals surface area contributed by atoms with Crippen LogP contribution >= 0.6 is 0 Å². The fourth-order valence-electron chi connectivity index (χ4n) is 3.43. The van der Waals surface area contributed by atoms with Crippen molar-refractivity contribution in [2.75, 3.05) is 6.61 Å². The summed E-state index contributed by atoms with van der Waals surface area (Å²) in [5, 5.41) is 8.51. The van der Waals surface area contributed by atoms with Crippen molar-refractivity contribution in [3.63, 3.8) is 0 Å². The monoisotopic (exact) mass is 547 g/mol. The van der Waals surface area contributed by atoms with Crippen LogP contribution in [0.3, 0.4) is 0 Å². The van der Waals surface area contributed by atoms with Gasteiger partial charge in [-0.05, 0) is 31.9 Å². The third-order valence-electron chi connectivity index (χ3n) is 5.34. The van der Waals surface area contributed by atoms with E-state index in [-0.39, 0.29) is 24.2 Å². The van der Waals surface area contributed by atoms with Crippen LogP contribution in [0.2, 0.25) is 0 Å². The van der Waals surface area contributed by atoms with Crippen LogP contribution in [0.4, 0.5) is 30.7 Å². The number of benzene rings is 2. The van der Waals surface area contributed by atoms with Crippen LogP contribution in [-0.4, -0.2) is 34.0 Å². The van der Waals surface area contributed by atoms with Crippen LogP contribution in [0.25, 0.3) is 10.9 Å². The van der Waals surface area contributed by atoms with E-state index in [1.807, 2.05) is 0 Å². The molecule has 0 atom stereocenters. The number of carboxylic acid groups (broad SMARTS) is 1. The van der Waals surface area contributed by atoms with E-state index >= 15 is 0 Å². The predicted octanol–water partition coefficient (Wildman–Crippen LogP) is 4.83. The highest BCUT2D eigenvalue weighted by molar-refractivity contribution is 6.06. The fourth-order valence-corrected chi connectivity index (χ4v) is 3.43. The lowest BCUT2D eigenvalue weighted by Crippen LogP contribution is -2.20. The first-order chi connectivity index (χ1) is 17.8. The van der Waals surface area contributed by atoms with E-state index in [1.54, 1.807) is 0 Å². The van der Waals surface area contributed by atoms with Gasteiger partial charge in [0, 0.05) is 12.2 Å². The van der Waals surface area contributed by atoms with Crippen LogP contribution in [-0.2, 0) is 9.53 Å². The number of fused-ring (bicyclic) bond motifs is 1. The molecule has 1 N–H and O–H groups in total. The van der Waals surface area contributed by atoms with E-state index in [0.29, 0.717) is 18.9 Å².